The number of amides is 1. The number of allylic oxidation sites excluding steroid dienone is 1. The number of rotatable bonds is 8. The van der Waals surface area contributed by atoms with Crippen LogP contribution in [0, 0.1) is 0 Å². The third-order valence-electron chi connectivity index (χ3n) is 9.84. The molecule has 1 unspecified atom stereocenters. The zero-order chi connectivity index (χ0) is 32.3. The highest BCUT2D eigenvalue weighted by Gasteiger charge is 2.44. The van der Waals surface area contributed by atoms with Gasteiger partial charge in [-0.25, -0.2) is 14.6 Å². The number of aromatic nitrogens is 1. The first-order valence-corrected chi connectivity index (χ1v) is 16.6. The van der Waals surface area contributed by atoms with Gasteiger partial charge in [0.15, 0.2) is 11.4 Å². The van der Waals surface area contributed by atoms with Crippen LogP contribution < -0.4 is 4.74 Å². The van der Waals surface area contributed by atoms with Crippen LogP contribution in [0.1, 0.15) is 90.0 Å². The van der Waals surface area contributed by atoms with E-state index in [0.717, 1.165) is 52.6 Å². The zero-order valence-electron chi connectivity index (χ0n) is 27.4. The molecule has 3 aliphatic heterocycles. The molecule has 9 heteroatoms. The Kier molecular flexibility index (Phi) is 10.1. The number of aryl methyl sites for hydroxylation is 1. The van der Waals surface area contributed by atoms with Gasteiger partial charge in [-0.2, -0.15) is 0 Å². The van der Waals surface area contributed by atoms with Gasteiger partial charge in [-0.05, 0) is 113 Å². The summed E-state index contributed by atoms with van der Waals surface area (Å²) in [5.41, 5.74) is 3.02. The van der Waals surface area contributed by atoms with Gasteiger partial charge in [0.05, 0.1) is 11.2 Å². The third-order valence-corrected chi connectivity index (χ3v) is 9.84. The molecule has 4 heterocycles. The minimum atomic E-state index is -1.90. The molecule has 2 fully saturated rings. The van der Waals surface area contributed by atoms with Crippen LogP contribution in [0.5, 0.6) is 5.75 Å². The van der Waals surface area contributed by atoms with Gasteiger partial charge in [0, 0.05) is 35.7 Å². The number of ketones is 1. The predicted octanol–water partition coefficient (Wildman–Crippen LogP) is 5.80. The smallest absolute Gasteiger partial charge is 0.415 e. The van der Waals surface area contributed by atoms with Crippen molar-refractivity contribution in [3.05, 3.63) is 52.2 Å². The average Bonchev–Trinajstić information content (AvgIpc) is 3.06. The molecule has 0 aliphatic carbocycles. The summed E-state index contributed by atoms with van der Waals surface area (Å²) in [5.74, 6) is -0.508. The van der Waals surface area contributed by atoms with E-state index in [1.165, 1.54) is 39.3 Å². The number of fused-ring (bicyclic) bond motifs is 1. The minimum absolute atomic E-state index is 0.0751. The molecule has 2 saturated heterocycles. The van der Waals surface area contributed by atoms with Crippen LogP contribution in [-0.4, -0.2) is 82.2 Å². The van der Waals surface area contributed by atoms with E-state index in [0.29, 0.717) is 31.3 Å². The Bertz CT molecular complexity index is 1530. The van der Waals surface area contributed by atoms with Crippen molar-refractivity contribution in [2.45, 2.75) is 97.6 Å². The highest BCUT2D eigenvalue weighted by Crippen LogP contribution is 2.36. The summed E-state index contributed by atoms with van der Waals surface area (Å²) in [7, 11) is 0. The fraction of sp³-hybridized carbons (Fsp3) is 0.556. The monoisotopic (exact) mass is 617 g/mol. The maximum Gasteiger partial charge on any atom is 0.415 e. The fourth-order valence-corrected chi connectivity index (χ4v) is 7.20. The minimum Gasteiger partial charge on any atom is -0.458 e. The van der Waals surface area contributed by atoms with Gasteiger partial charge in [0.1, 0.15) is 12.4 Å². The first kappa shape index (κ1) is 32.8. The molecule has 1 atom stereocenters. The topological polar surface area (TPSA) is 109 Å². The van der Waals surface area contributed by atoms with Gasteiger partial charge in [0.25, 0.3) is 0 Å². The molecule has 9 nitrogen and oxygen atoms in total. The standard InChI is InChI=1S/C36H47N3O6/c1-6-27-28(7-2)33(23(4)20-31-30(24(5)40)22-44-34(41)36(31,43)8-3)37-32-13-12-26(21-29(27)32)45-35(42)39-18-14-25(15-19-39)38-16-10-9-11-17-38/h12-13,20-21,25,43H,6-11,14-19,22H2,1-5H3/b23-20+. The zero-order valence-corrected chi connectivity index (χ0v) is 27.4. The van der Waals surface area contributed by atoms with Gasteiger partial charge < -0.3 is 24.4 Å². The molecular formula is C36H47N3O6. The SMILES string of the molecule is CCc1c(/C(C)=C/C2=C(C(C)=O)COC(=O)C2(O)CC)nc2ccc(OC(=O)N3CCC(N4CCCCC4)CC3)cc2c1CC. The number of likely N-dealkylation sites (tertiary alicyclic amines) is 2. The molecular weight excluding hydrogens is 570 g/mol. The van der Waals surface area contributed by atoms with Crippen LogP contribution in [0.2, 0.25) is 0 Å². The number of esters is 1. The van der Waals surface area contributed by atoms with E-state index in [1.54, 1.807) is 19.1 Å². The molecule has 2 aromatic rings. The number of aliphatic hydroxyl groups is 1. The van der Waals surface area contributed by atoms with E-state index in [4.69, 9.17) is 14.5 Å². The van der Waals surface area contributed by atoms with Crippen molar-refractivity contribution in [3.63, 3.8) is 0 Å². The number of Topliss-reactive ketones (excluding diaryl/α,β-unsaturated/α-hetero) is 1. The van der Waals surface area contributed by atoms with Crippen molar-refractivity contribution < 1.29 is 29.0 Å². The van der Waals surface area contributed by atoms with Crippen molar-refractivity contribution >= 4 is 34.3 Å². The van der Waals surface area contributed by atoms with Crippen LogP contribution in [0.15, 0.2) is 35.4 Å². The molecule has 1 aromatic carbocycles. The van der Waals surface area contributed by atoms with Crippen LogP contribution in [0.4, 0.5) is 4.79 Å². The number of cyclic esters (lactones) is 1. The predicted molar refractivity (Wildman–Crippen MR) is 174 cm³/mol. The number of carbonyl (C=O) groups is 3. The van der Waals surface area contributed by atoms with Crippen LogP contribution in [0.25, 0.3) is 16.5 Å². The van der Waals surface area contributed by atoms with Gasteiger partial charge in [-0.3, -0.25) is 4.79 Å². The first-order chi connectivity index (χ1) is 21.6. The van der Waals surface area contributed by atoms with Crippen molar-refractivity contribution in [1.82, 2.24) is 14.8 Å². The lowest BCUT2D eigenvalue weighted by atomic mass is 9.82. The van der Waals surface area contributed by atoms with Gasteiger partial charge in [0.2, 0.25) is 0 Å². The summed E-state index contributed by atoms with van der Waals surface area (Å²) < 4.78 is 11.1. The molecule has 1 amide bonds. The van der Waals surface area contributed by atoms with E-state index >= 15 is 0 Å². The van der Waals surface area contributed by atoms with Crippen molar-refractivity contribution in [1.29, 1.82) is 0 Å². The molecule has 242 valence electrons. The van der Waals surface area contributed by atoms with Crippen molar-refractivity contribution in [2.24, 2.45) is 0 Å². The number of pyridine rings is 1. The summed E-state index contributed by atoms with van der Waals surface area (Å²) in [6.07, 6.45) is 8.73. The molecule has 0 bridgehead atoms. The molecule has 0 saturated carbocycles. The van der Waals surface area contributed by atoms with Gasteiger partial charge in [-0.15, -0.1) is 0 Å². The second-order valence-electron chi connectivity index (χ2n) is 12.6. The Morgan fingerprint density at radius 2 is 1.73 bits per heavy atom. The largest absolute Gasteiger partial charge is 0.458 e. The summed E-state index contributed by atoms with van der Waals surface area (Å²) in [6, 6.07) is 6.12. The molecule has 45 heavy (non-hydrogen) atoms. The van der Waals surface area contributed by atoms with Gasteiger partial charge in [-0.1, -0.05) is 27.2 Å². The Hall–Kier alpha value is -3.56. The number of ether oxygens (including phenoxy) is 2. The summed E-state index contributed by atoms with van der Waals surface area (Å²) >= 11 is 0. The number of benzene rings is 1. The second-order valence-corrected chi connectivity index (χ2v) is 12.6. The number of hydrogen-bond donors (Lipinski definition) is 1. The highest BCUT2D eigenvalue weighted by molar-refractivity contribution is 6.00. The Morgan fingerprint density at radius 3 is 2.36 bits per heavy atom. The molecule has 5 rings (SSSR count). The van der Waals surface area contributed by atoms with E-state index in [1.807, 2.05) is 24.0 Å². The summed E-state index contributed by atoms with van der Waals surface area (Å²) in [4.78, 5) is 47.7. The maximum atomic E-state index is 13.2. The summed E-state index contributed by atoms with van der Waals surface area (Å²) in [6.45, 7) is 12.7. The lowest BCUT2D eigenvalue weighted by Crippen LogP contribution is -2.48. The van der Waals surface area contributed by atoms with Crippen LogP contribution in [-0.2, 0) is 27.2 Å². The summed E-state index contributed by atoms with van der Waals surface area (Å²) in [5, 5.41) is 12.2. The average molecular weight is 618 g/mol. The number of nitrogens with zero attached hydrogens (tertiary/aromatic N) is 3. The molecule has 3 aliphatic rings. The maximum absolute atomic E-state index is 13.2. The quantitative estimate of drug-likeness (QED) is 0.371. The van der Waals surface area contributed by atoms with E-state index in [-0.39, 0.29) is 36.1 Å². The lowest BCUT2D eigenvalue weighted by Gasteiger charge is -2.39. The van der Waals surface area contributed by atoms with Crippen LogP contribution >= 0.6 is 0 Å². The second kappa shape index (κ2) is 13.8. The van der Waals surface area contributed by atoms with Crippen molar-refractivity contribution in [2.75, 3.05) is 32.8 Å². The van der Waals surface area contributed by atoms with E-state index in [2.05, 4.69) is 18.7 Å². The number of hydrogen-bond acceptors (Lipinski definition) is 8. The number of piperidine rings is 2. The molecule has 0 radical (unpaired) electrons. The van der Waals surface area contributed by atoms with Gasteiger partial charge >= 0.3 is 12.1 Å². The highest BCUT2D eigenvalue weighted by atomic mass is 16.6. The number of carbonyl (C=O) groups excluding carboxylic acids is 3. The van der Waals surface area contributed by atoms with Crippen LogP contribution in [0.3, 0.4) is 0 Å². The third kappa shape index (κ3) is 6.56. The first-order valence-electron chi connectivity index (χ1n) is 16.6. The van der Waals surface area contributed by atoms with E-state index < -0.39 is 11.6 Å². The van der Waals surface area contributed by atoms with Crippen molar-refractivity contribution in [3.8, 4) is 5.75 Å². The Balaban J connectivity index is 1.42. The van der Waals surface area contributed by atoms with E-state index in [9.17, 15) is 19.5 Å². The molecule has 1 aromatic heterocycles. The fourth-order valence-electron chi connectivity index (χ4n) is 7.20. The Labute approximate surface area is 266 Å². The Morgan fingerprint density at radius 1 is 1.04 bits per heavy atom. The normalized spacial score (nSPS) is 22.1. The lowest BCUT2D eigenvalue weighted by molar-refractivity contribution is -0.163. The molecule has 1 N–H and O–H groups in total. The molecule has 0 spiro atoms.